The average Bonchev–Trinajstić information content (AvgIpc) is 2.51. The van der Waals surface area contributed by atoms with Crippen molar-refractivity contribution in [2.24, 2.45) is 0 Å². The normalized spacial score (nSPS) is 12.2. The molecule has 0 saturated heterocycles. The summed E-state index contributed by atoms with van der Waals surface area (Å²) in [6.45, 7) is 0. The topological polar surface area (TPSA) is 56.3 Å². The number of carbonyl (C=O) groups excluding carboxylic acids is 2. The lowest BCUT2D eigenvalue weighted by atomic mass is 9.99. The Labute approximate surface area is 132 Å². The Kier molecular flexibility index (Phi) is 4.81. The van der Waals surface area contributed by atoms with E-state index in [0.717, 1.165) is 6.07 Å². The van der Waals surface area contributed by atoms with Crippen LogP contribution in [0, 0.1) is 0 Å². The first-order chi connectivity index (χ1) is 11.1. The van der Waals surface area contributed by atoms with Gasteiger partial charge in [-0.05, 0) is 12.1 Å². The minimum absolute atomic E-state index is 0.157. The van der Waals surface area contributed by atoms with E-state index in [2.05, 4.69) is 9.72 Å². The molecule has 2 aromatic rings. The fraction of sp³-hybridized carbons (Fsp3) is 0.267. The van der Waals surface area contributed by atoms with Crippen molar-refractivity contribution >= 4 is 22.8 Å². The molecule has 0 atom stereocenters. The van der Waals surface area contributed by atoms with Crippen molar-refractivity contribution in [1.82, 2.24) is 4.98 Å². The number of esters is 2. The van der Waals surface area contributed by atoms with Crippen molar-refractivity contribution in [3.05, 3.63) is 42.1 Å². The van der Waals surface area contributed by atoms with Gasteiger partial charge in [-0.3, -0.25) is 9.78 Å². The smallest absolute Gasteiger partial charge is 0.386 e. The Morgan fingerprint density at radius 3 is 2.42 bits per heavy atom. The van der Waals surface area contributed by atoms with E-state index in [-0.39, 0.29) is 5.39 Å². The van der Waals surface area contributed by atoms with E-state index in [9.17, 15) is 31.5 Å². The average molecular weight is 347 g/mol. The highest BCUT2D eigenvalue weighted by Gasteiger charge is 2.43. The molecule has 0 fully saturated rings. The number of hydrogen-bond acceptors (Lipinski definition) is 4. The molecule has 128 valence electrons. The van der Waals surface area contributed by atoms with Crippen LogP contribution in [0.3, 0.4) is 0 Å². The maximum absolute atomic E-state index is 14.3. The molecule has 0 aliphatic rings. The second kappa shape index (κ2) is 6.50. The Morgan fingerprint density at radius 2 is 1.75 bits per heavy atom. The second-order valence-electron chi connectivity index (χ2n) is 4.84. The number of rotatable bonds is 4. The van der Waals surface area contributed by atoms with Crippen LogP contribution in [0.5, 0.6) is 0 Å². The van der Waals surface area contributed by atoms with E-state index in [1.165, 1.54) is 30.5 Å². The molecule has 0 amide bonds. The van der Waals surface area contributed by atoms with E-state index in [1.54, 1.807) is 0 Å². The number of carbonyl (C=O) groups is 2. The number of pyridine rings is 1. The number of fused-ring (bicyclic) bond motifs is 1. The molecule has 9 heteroatoms. The van der Waals surface area contributed by atoms with Gasteiger partial charge in [0.25, 0.3) is 5.92 Å². The zero-order valence-electron chi connectivity index (χ0n) is 11.9. The summed E-state index contributed by atoms with van der Waals surface area (Å²) in [5.74, 6) is -7.91. The van der Waals surface area contributed by atoms with Crippen LogP contribution in [0.2, 0.25) is 0 Å². The van der Waals surface area contributed by atoms with Gasteiger partial charge in [0.15, 0.2) is 0 Å². The second-order valence-corrected chi connectivity index (χ2v) is 4.84. The van der Waals surface area contributed by atoms with Gasteiger partial charge in [-0.15, -0.1) is 0 Å². The van der Waals surface area contributed by atoms with Crippen LogP contribution in [-0.2, 0) is 20.2 Å². The molecular formula is C15H10F5NO3. The summed E-state index contributed by atoms with van der Waals surface area (Å²) in [6.07, 6.45) is -6.10. The first-order valence-corrected chi connectivity index (χ1v) is 6.65. The van der Waals surface area contributed by atoms with Crippen molar-refractivity contribution in [1.29, 1.82) is 0 Å². The molecule has 0 bridgehead atoms. The predicted octanol–water partition coefficient (Wildman–Crippen LogP) is 3.74. The van der Waals surface area contributed by atoms with Crippen LogP contribution in [0.15, 0.2) is 36.5 Å². The number of nitrogens with zero attached hydrogens (tertiary/aromatic N) is 1. The van der Waals surface area contributed by atoms with Gasteiger partial charge in [0, 0.05) is 23.6 Å². The lowest BCUT2D eigenvalue weighted by Crippen LogP contribution is -2.28. The maximum atomic E-state index is 14.3. The molecule has 4 nitrogen and oxygen atoms in total. The monoisotopic (exact) mass is 347 g/mol. The molecule has 0 aliphatic heterocycles. The standard InChI is InChI=1S/C15H10F5NO3/c16-14(17,7-6-12(22)24-13(23)15(18,19)20)10-4-1-5-11-9(10)3-2-8-21-11/h1-5,8H,6-7H2. The van der Waals surface area contributed by atoms with Crippen molar-refractivity contribution < 1.29 is 36.3 Å². The SMILES string of the molecule is O=C(CCC(F)(F)c1cccc2ncccc12)OC(=O)C(F)(F)F. The molecule has 0 radical (unpaired) electrons. The van der Waals surface area contributed by atoms with Gasteiger partial charge in [0.05, 0.1) is 11.9 Å². The summed E-state index contributed by atoms with van der Waals surface area (Å²) in [6, 6.07) is 6.88. The summed E-state index contributed by atoms with van der Waals surface area (Å²) < 4.78 is 67.9. The minimum Gasteiger partial charge on any atom is -0.386 e. The number of halogens is 5. The zero-order valence-corrected chi connectivity index (χ0v) is 11.9. The number of ether oxygens (including phenoxy) is 1. The molecule has 0 spiro atoms. The van der Waals surface area contributed by atoms with E-state index in [0.29, 0.717) is 5.52 Å². The largest absolute Gasteiger partial charge is 0.491 e. The van der Waals surface area contributed by atoms with Gasteiger partial charge in [0.1, 0.15) is 0 Å². The summed E-state index contributed by atoms with van der Waals surface area (Å²) in [7, 11) is 0. The predicted molar refractivity (Wildman–Crippen MR) is 72.0 cm³/mol. The van der Waals surface area contributed by atoms with Crippen LogP contribution in [0.25, 0.3) is 10.9 Å². The lowest BCUT2D eigenvalue weighted by molar-refractivity contribution is -0.202. The summed E-state index contributed by atoms with van der Waals surface area (Å²) >= 11 is 0. The van der Waals surface area contributed by atoms with E-state index in [4.69, 9.17) is 0 Å². The summed E-state index contributed by atoms with van der Waals surface area (Å²) in [4.78, 5) is 25.6. The van der Waals surface area contributed by atoms with Crippen LogP contribution in [-0.4, -0.2) is 23.1 Å². The third-order valence-corrected chi connectivity index (χ3v) is 3.12. The Hall–Kier alpha value is -2.58. The van der Waals surface area contributed by atoms with Gasteiger partial charge in [-0.2, -0.15) is 13.2 Å². The van der Waals surface area contributed by atoms with Gasteiger partial charge in [0.2, 0.25) is 0 Å². The molecule has 2 rings (SSSR count). The molecule has 0 N–H and O–H groups in total. The Bertz CT molecular complexity index is 768. The van der Waals surface area contributed by atoms with Crippen LogP contribution < -0.4 is 0 Å². The van der Waals surface area contributed by atoms with Crippen molar-refractivity contribution in [2.75, 3.05) is 0 Å². The van der Waals surface area contributed by atoms with Crippen LogP contribution >= 0.6 is 0 Å². The number of aromatic nitrogens is 1. The molecule has 0 saturated carbocycles. The van der Waals surface area contributed by atoms with Crippen molar-refractivity contribution in [3.8, 4) is 0 Å². The Morgan fingerprint density at radius 1 is 1.04 bits per heavy atom. The number of alkyl halides is 5. The molecule has 0 unspecified atom stereocenters. The number of hydrogen-bond donors (Lipinski definition) is 0. The zero-order chi connectivity index (χ0) is 18.0. The molecule has 1 heterocycles. The molecule has 24 heavy (non-hydrogen) atoms. The third-order valence-electron chi connectivity index (χ3n) is 3.12. The minimum atomic E-state index is -5.36. The highest BCUT2D eigenvalue weighted by Crippen LogP contribution is 2.37. The van der Waals surface area contributed by atoms with E-state index in [1.807, 2.05) is 0 Å². The maximum Gasteiger partial charge on any atom is 0.491 e. The highest BCUT2D eigenvalue weighted by atomic mass is 19.4. The summed E-state index contributed by atoms with van der Waals surface area (Å²) in [5.41, 5.74) is -0.104. The molecule has 1 aromatic carbocycles. The first-order valence-electron chi connectivity index (χ1n) is 6.65. The quantitative estimate of drug-likeness (QED) is 0.480. The van der Waals surface area contributed by atoms with Crippen LogP contribution in [0.1, 0.15) is 18.4 Å². The Balaban J connectivity index is 2.11. The fourth-order valence-electron chi connectivity index (χ4n) is 2.03. The highest BCUT2D eigenvalue weighted by molar-refractivity contribution is 5.88. The van der Waals surface area contributed by atoms with Gasteiger partial charge in [-0.25, -0.2) is 13.6 Å². The first kappa shape index (κ1) is 17.8. The third kappa shape index (κ3) is 4.03. The number of benzene rings is 1. The van der Waals surface area contributed by atoms with Crippen molar-refractivity contribution in [2.45, 2.75) is 24.9 Å². The van der Waals surface area contributed by atoms with E-state index >= 15 is 0 Å². The van der Waals surface area contributed by atoms with Gasteiger partial charge < -0.3 is 4.74 Å². The fourth-order valence-corrected chi connectivity index (χ4v) is 2.03. The van der Waals surface area contributed by atoms with Crippen molar-refractivity contribution in [3.63, 3.8) is 0 Å². The lowest BCUT2D eigenvalue weighted by Gasteiger charge is -2.18. The molecular weight excluding hydrogens is 337 g/mol. The van der Waals surface area contributed by atoms with Gasteiger partial charge in [-0.1, -0.05) is 18.2 Å². The van der Waals surface area contributed by atoms with Crippen LogP contribution in [0.4, 0.5) is 22.0 Å². The molecule has 0 aliphatic carbocycles. The van der Waals surface area contributed by atoms with Gasteiger partial charge >= 0.3 is 18.1 Å². The summed E-state index contributed by atoms with van der Waals surface area (Å²) in [5, 5.41) is 0.157. The molecule has 1 aromatic heterocycles. The van der Waals surface area contributed by atoms with E-state index < -0.39 is 42.4 Å².